The lowest BCUT2D eigenvalue weighted by Crippen LogP contribution is -2.46. The van der Waals surface area contributed by atoms with Crippen LogP contribution in [0.25, 0.3) is 90.9 Å². The minimum absolute atomic E-state index is 0.0124. The molecule has 6 heterocycles. The first-order chi connectivity index (χ1) is 28.6. The molecule has 1 saturated heterocycles. The first-order valence-corrected chi connectivity index (χ1v) is 19.8. The maximum absolute atomic E-state index is 13.0. The Hall–Kier alpha value is -7.13. The van der Waals surface area contributed by atoms with Crippen LogP contribution in [0.1, 0.15) is 22.8 Å². The minimum atomic E-state index is -0.0124. The summed E-state index contributed by atoms with van der Waals surface area (Å²) >= 11 is 0. The van der Waals surface area contributed by atoms with Crippen molar-refractivity contribution in [3.05, 3.63) is 162 Å². The summed E-state index contributed by atoms with van der Waals surface area (Å²) in [5, 5.41) is 6.46. The predicted octanol–water partition coefficient (Wildman–Crippen LogP) is 10.2. The van der Waals surface area contributed by atoms with Crippen molar-refractivity contribution in [3.63, 3.8) is 0 Å². The number of benzene rings is 4. The Labute approximate surface area is 336 Å². The minimum Gasteiger partial charge on any atom is -0.354 e. The van der Waals surface area contributed by atoms with Crippen molar-refractivity contribution in [2.45, 2.75) is 0 Å². The first kappa shape index (κ1) is 35.3. The van der Waals surface area contributed by atoms with Crippen molar-refractivity contribution in [2.75, 3.05) is 38.0 Å². The second-order valence-electron chi connectivity index (χ2n) is 14.8. The molecule has 8 nitrogen and oxygen atoms in total. The van der Waals surface area contributed by atoms with Crippen LogP contribution in [0.3, 0.4) is 0 Å². The molecule has 0 unspecified atom stereocenters. The topological polar surface area (TPSA) is 102 Å². The van der Waals surface area contributed by atoms with E-state index in [1.165, 1.54) is 0 Å². The zero-order valence-electron chi connectivity index (χ0n) is 31.9. The number of carbonyl (C=O) groups excluding carboxylic acids is 1. The molecule has 1 fully saturated rings. The molecule has 4 N–H and O–H groups in total. The molecule has 10 rings (SSSR count). The molecule has 0 aliphatic carbocycles. The van der Waals surface area contributed by atoms with E-state index in [-0.39, 0.29) is 5.91 Å². The van der Waals surface area contributed by atoms with Crippen molar-refractivity contribution in [2.24, 2.45) is 0 Å². The summed E-state index contributed by atoms with van der Waals surface area (Å²) in [6, 6.07) is 48.0. The molecule has 8 bridgehead atoms. The quantitative estimate of drug-likeness (QED) is 0.130. The number of anilines is 1. The molecule has 7 aromatic rings. The molecular formula is C50H41N7O. The van der Waals surface area contributed by atoms with Crippen LogP contribution < -0.4 is 10.6 Å². The van der Waals surface area contributed by atoms with E-state index in [1.54, 1.807) is 0 Å². The molecule has 4 aromatic carbocycles. The monoisotopic (exact) mass is 755 g/mol. The molecular weight excluding hydrogens is 715 g/mol. The van der Waals surface area contributed by atoms with Gasteiger partial charge in [0, 0.05) is 76.2 Å². The van der Waals surface area contributed by atoms with Gasteiger partial charge in [0.1, 0.15) is 0 Å². The third kappa shape index (κ3) is 6.96. The Morgan fingerprint density at radius 2 is 0.845 bits per heavy atom. The van der Waals surface area contributed by atoms with E-state index in [0.717, 1.165) is 121 Å². The third-order valence-electron chi connectivity index (χ3n) is 11.0. The first-order valence-electron chi connectivity index (χ1n) is 19.8. The van der Waals surface area contributed by atoms with Gasteiger partial charge in [-0.3, -0.25) is 9.69 Å². The number of amides is 1. The molecule has 8 heteroatoms. The standard InChI is InChI=1S/C50H41N7O/c58-46(32-57-30-28-51-29-31-57)52-37-18-16-36(17-19-37)50-44-26-24-42(55-44)48(34-12-6-2-7-13-34)40-22-20-38(53-40)47(33-10-4-1-5-11-33)39-21-23-41(54-39)49(35-14-8-3-9-15-35)43-25-27-45(50)56-43/h1-27,51,53,56H,28-32H2,(H,52,58). The number of hydrogen-bond donors (Lipinski definition) is 4. The third-order valence-corrected chi connectivity index (χ3v) is 11.0. The lowest BCUT2D eigenvalue weighted by molar-refractivity contribution is -0.117. The van der Waals surface area contributed by atoms with Gasteiger partial charge in [-0.1, -0.05) is 103 Å². The second kappa shape index (κ2) is 15.4. The molecule has 3 aliphatic heterocycles. The maximum atomic E-state index is 13.0. The fourth-order valence-corrected chi connectivity index (χ4v) is 8.23. The smallest absolute Gasteiger partial charge is 0.238 e. The van der Waals surface area contributed by atoms with Gasteiger partial charge in [-0.25, -0.2) is 9.97 Å². The normalized spacial score (nSPS) is 13.8. The molecule has 0 atom stereocenters. The van der Waals surface area contributed by atoms with Crippen LogP contribution in [-0.2, 0) is 4.79 Å². The zero-order chi connectivity index (χ0) is 38.8. The van der Waals surface area contributed by atoms with E-state index in [9.17, 15) is 4.79 Å². The van der Waals surface area contributed by atoms with Gasteiger partial charge in [0.2, 0.25) is 5.91 Å². The van der Waals surface area contributed by atoms with Gasteiger partial charge in [0.15, 0.2) is 0 Å². The number of nitrogens with one attached hydrogen (secondary N) is 4. The number of carbonyl (C=O) groups is 1. The van der Waals surface area contributed by atoms with Gasteiger partial charge in [-0.15, -0.1) is 0 Å². The average molecular weight is 756 g/mol. The van der Waals surface area contributed by atoms with E-state index >= 15 is 0 Å². The van der Waals surface area contributed by atoms with Crippen molar-refractivity contribution < 1.29 is 4.79 Å². The molecule has 58 heavy (non-hydrogen) atoms. The van der Waals surface area contributed by atoms with E-state index in [2.05, 4.69) is 159 Å². The number of nitrogens with zero attached hydrogens (tertiary/aromatic N) is 3. The highest BCUT2D eigenvalue weighted by atomic mass is 16.2. The number of hydrogen-bond acceptors (Lipinski definition) is 5. The highest BCUT2D eigenvalue weighted by Gasteiger charge is 2.19. The van der Waals surface area contributed by atoms with E-state index in [4.69, 9.17) is 9.97 Å². The number of H-pyrrole nitrogens is 2. The summed E-state index contributed by atoms with van der Waals surface area (Å²) in [6.07, 6.45) is 8.46. The second-order valence-corrected chi connectivity index (χ2v) is 14.8. The Morgan fingerprint density at radius 1 is 0.483 bits per heavy atom. The van der Waals surface area contributed by atoms with Gasteiger partial charge < -0.3 is 20.6 Å². The van der Waals surface area contributed by atoms with Gasteiger partial charge in [-0.05, 0) is 83.0 Å². The predicted molar refractivity (Wildman–Crippen MR) is 239 cm³/mol. The summed E-state index contributed by atoms with van der Waals surface area (Å²) in [6.45, 7) is 3.91. The number of aromatic nitrogens is 4. The van der Waals surface area contributed by atoms with Crippen LogP contribution in [0.5, 0.6) is 0 Å². The summed E-state index contributed by atoms with van der Waals surface area (Å²) in [5.41, 5.74) is 16.1. The summed E-state index contributed by atoms with van der Waals surface area (Å²) < 4.78 is 0. The lowest BCUT2D eigenvalue weighted by atomic mass is 10.0. The number of rotatable bonds is 7. The van der Waals surface area contributed by atoms with Crippen LogP contribution in [0.15, 0.2) is 140 Å². The van der Waals surface area contributed by atoms with Crippen molar-refractivity contribution >= 4 is 58.0 Å². The Balaban J connectivity index is 1.22. The Morgan fingerprint density at radius 3 is 1.22 bits per heavy atom. The maximum Gasteiger partial charge on any atom is 0.238 e. The Bertz CT molecular complexity index is 2830. The van der Waals surface area contributed by atoms with Crippen molar-refractivity contribution in [1.82, 2.24) is 30.2 Å². The zero-order valence-corrected chi connectivity index (χ0v) is 31.9. The van der Waals surface area contributed by atoms with Crippen molar-refractivity contribution in [3.8, 4) is 44.5 Å². The van der Waals surface area contributed by atoms with Crippen LogP contribution in [-0.4, -0.2) is 63.5 Å². The van der Waals surface area contributed by atoms with Gasteiger partial charge in [-0.2, -0.15) is 0 Å². The average Bonchev–Trinajstić information content (AvgIpc) is 4.11. The summed E-state index contributed by atoms with van der Waals surface area (Å²) in [4.78, 5) is 33.6. The van der Waals surface area contributed by atoms with Crippen LogP contribution >= 0.6 is 0 Å². The summed E-state index contributed by atoms with van der Waals surface area (Å²) in [5.74, 6) is -0.0124. The van der Waals surface area contributed by atoms with E-state index in [1.807, 2.05) is 30.3 Å². The summed E-state index contributed by atoms with van der Waals surface area (Å²) in [7, 11) is 0. The number of fused-ring (bicyclic) bond motifs is 8. The number of aromatic amines is 2. The molecule has 1 amide bonds. The van der Waals surface area contributed by atoms with Gasteiger partial charge in [0.25, 0.3) is 0 Å². The number of piperazine rings is 1. The van der Waals surface area contributed by atoms with Gasteiger partial charge >= 0.3 is 0 Å². The highest BCUT2D eigenvalue weighted by molar-refractivity contribution is 6.00. The largest absolute Gasteiger partial charge is 0.354 e. The molecule has 0 spiro atoms. The Kier molecular flexibility index (Phi) is 9.39. The van der Waals surface area contributed by atoms with Gasteiger partial charge in [0.05, 0.1) is 29.3 Å². The fourth-order valence-electron chi connectivity index (χ4n) is 8.23. The molecule has 0 saturated carbocycles. The SMILES string of the molecule is O=C(CN1CCNCC1)Nc1ccc(-c2c3nc(c(-c4ccccc4)c4ccc([nH]4)c(-c4ccccc4)c4nc(c(-c5ccccc5)c5ccc2[nH]5)C=C4)C=C3)cc1. The van der Waals surface area contributed by atoms with E-state index < -0.39 is 0 Å². The molecule has 3 aliphatic rings. The van der Waals surface area contributed by atoms with Crippen LogP contribution in [0.4, 0.5) is 5.69 Å². The molecule has 3 aromatic heterocycles. The van der Waals surface area contributed by atoms with Crippen LogP contribution in [0, 0.1) is 0 Å². The van der Waals surface area contributed by atoms with E-state index in [0.29, 0.717) is 6.54 Å². The fraction of sp³-hybridized carbons (Fsp3) is 0.100. The molecule has 0 radical (unpaired) electrons. The highest BCUT2D eigenvalue weighted by Crippen LogP contribution is 2.38. The van der Waals surface area contributed by atoms with Crippen LogP contribution in [0.2, 0.25) is 0 Å². The van der Waals surface area contributed by atoms with Crippen molar-refractivity contribution in [1.29, 1.82) is 0 Å². The lowest BCUT2D eigenvalue weighted by Gasteiger charge is -2.26. The molecule has 282 valence electrons.